The maximum Gasteiger partial charge on any atom is 0.0315 e. The summed E-state index contributed by atoms with van der Waals surface area (Å²) in [6.07, 6.45) is 5.61. The highest BCUT2D eigenvalue weighted by Gasteiger charge is 2.39. The summed E-state index contributed by atoms with van der Waals surface area (Å²) in [5, 5.41) is 3.47. The smallest absolute Gasteiger partial charge is 0.0315 e. The summed E-state index contributed by atoms with van der Waals surface area (Å²) in [7, 11) is 2.30. The Labute approximate surface area is 88.1 Å². The average molecular weight is 196 g/mol. The molecule has 2 nitrogen and oxygen atoms in total. The van der Waals surface area contributed by atoms with Gasteiger partial charge >= 0.3 is 0 Å². The predicted molar refractivity (Wildman–Crippen MR) is 60.5 cm³/mol. The first-order valence-electron chi connectivity index (χ1n) is 5.96. The van der Waals surface area contributed by atoms with Crippen LogP contribution in [0, 0.1) is 5.41 Å². The quantitative estimate of drug-likeness (QED) is 0.741. The molecule has 0 aromatic carbocycles. The fraction of sp³-hybridized carbons (Fsp3) is 1.00. The third-order valence-electron chi connectivity index (χ3n) is 4.45. The Morgan fingerprint density at radius 1 is 1.21 bits per heavy atom. The lowest BCUT2D eigenvalue weighted by molar-refractivity contribution is 0.0459. The second kappa shape index (κ2) is 3.49. The van der Waals surface area contributed by atoms with Crippen LogP contribution >= 0.6 is 0 Å². The van der Waals surface area contributed by atoms with Crippen molar-refractivity contribution in [1.29, 1.82) is 0 Å². The van der Waals surface area contributed by atoms with Gasteiger partial charge in [-0.15, -0.1) is 0 Å². The van der Waals surface area contributed by atoms with Crippen LogP contribution in [0.15, 0.2) is 0 Å². The number of hydrogen-bond donors (Lipinski definition) is 1. The number of rotatable bonds is 3. The van der Waals surface area contributed by atoms with Gasteiger partial charge in [-0.3, -0.25) is 4.90 Å². The van der Waals surface area contributed by atoms with E-state index in [9.17, 15) is 0 Å². The molecule has 1 saturated carbocycles. The Balaban J connectivity index is 1.90. The molecule has 14 heavy (non-hydrogen) atoms. The van der Waals surface area contributed by atoms with E-state index in [2.05, 4.69) is 31.1 Å². The Morgan fingerprint density at radius 2 is 1.93 bits per heavy atom. The van der Waals surface area contributed by atoms with Gasteiger partial charge in [0.25, 0.3) is 0 Å². The molecule has 1 saturated heterocycles. The molecule has 2 heteroatoms. The number of nitrogens with zero attached hydrogens (tertiary/aromatic N) is 1. The Morgan fingerprint density at radius 3 is 2.36 bits per heavy atom. The lowest BCUT2D eigenvalue weighted by atomic mass is 9.70. The van der Waals surface area contributed by atoms with Crippen molar-refractivity contribution >= 4 is 0 Å². The molecule has 0 aromatic rings. The molecule has 0 radical (unpaired) electrons. The maximum atomic E-state index is 3.47. The molecule has 0 aromatic heterocycles. The fourth-order valence-electron chi connectivity index (χ4n) is 2.83. The normalized spacial score (nSPS) is 36.0. The molecule has 1 unspecified atom stereocenters. The van der Waals surface area contributed by atoms with Crippen molar-refractivity contribution in [2.24, 2.45) is 5.41 Å². The van der Waals surface area contributed by atoms with Gasteiger partial charge in [0.2, 0.25) is 0 Å². The van der Waals surface area contributed by atoms with Gasteiger partial charge in [0, 0.05) is 18.6 Å². The number of likely N-dealkylation sites (N-methyl/N-ethyl adjacent to an activating group) is 1. The summed E-state index contributed by atoms with van der Waals surface area (Å²) in [6.45, 7) is 8.48. The van der Waals surface area contributed by atoms with Crippen molar-refractivity contribution in [3.05, 3.63) is 0 Å². The van der Waals surface area contributed by atoms with E-state index in [1.165, 1.54) is 45.3 Å². The van der Waals surface area contributed by atoms with Gasteiger partial charge in [0.05, 0.1) is 0 Å². The zero-order chi connectivity index (χ0) is 10.2. The molecule has 0 amide bonds. The van der Waals surface area contributed by atoms with Crippen LogP contribution in [0.25, 0.3) is 0 Å². The van der Waals surface area contributed by atoms with Crippen LogP contribution in [-0.4, -0.2) is 37.1 Å². The third-order valence-corrected chi connectivity index (χ3v) is 4.45. The second-order valence-electron chi connectivity index (χ2n) is 5.94. The van der Waals surface area contributed by atoms with E-state index in [0.717, 1.165) is 0 Å². The van der Waals surface area contributed by atoms with E-state index in [0.29, 0.717) is 11.0 Å². The van der Waals surface area contributed by atoms with Gasteiger partial charge in [-0.2, -0.15) is 0 Å². The standard InChI is InChI=1S/C12H24N2/c1-11(5-4-6-11)10-14(3)12(2)7-8-13-9-12/h13H,4-10H2,1-3H3. The molecular formula is C12H24N2. The molecule has 1 heterocycles. The van der Waals surface area contributed by atoms with Crippen LogP contribution < -0.4 is 5.32 Å². The first-order valence-corrected chi connectivity index (χ1v) is 5.96. The molecule has 2 aliphatic rings. The van der Waals surface area contributed by atoms with Crippen molar-refractivity contribution in [3.63, 3.8) is 0 Å². The monoisotopic (exact) mass is 196 g/mol. The Kier molecular flexibility index (Phi) is 2.61. The molecule has 1 aliphatic heterocycles. The highest BCUT2D eigenvalue weighted by atomic mass is 15.2. The summed E-state index contributed by atoms with van der Waals surface area (Å²) in [5.41, 5.74) is 1.04. The van der Waals surface area contributed by atoms with Gasteiger partial charge in [-0.25, -0.2) is 0 Å². The second-order valence-corrected chi connectivity index (χ2v) is 5.94. The summed E-state index contributed by atoms with van der Waals surface area (Å²) < 4.78 is 0. The minimum Gasteiger partial charge on any atom is -0.315 e. The van der Waals surface area contributed by atoms with Crippen LogP contribution in [0.3, 0.4) is 0 Å². The Hall–Kier alpha value is -0.0800. The van der Waals surface area contributed by atoms with Crippen molar-refractivity contribution in [2.75, 3.05) is 26.7 Å². The van der Waals surface area contributed by atoms with Crippen LogP contribution in [0.4, 0.5) is 0 Å². The van der Waals surface area contributed by atoms with Crippen molar-refractivity contribution in [2.45, 2.75) is 45.1 Å². The minimum absolute atomic E-state index is 0.415. The first kappa shape index (κ1) is 10.4. The van der Waals surface area contributed by atoms with Gasteiger partial charge in [0.1, 0.15) is 0 Å². The molecule has 1 aliphatic carbocycles. The van der Waals surface area contributed by atoms with Crippen LogP contribution in [-0.2, 0) is 0 Å². The lowest BCUT2D eigenvalue weighted by Crippen LogP contribution is -2.51. The van der Waals surface area contributed by atoms with E-state index in [4.69, 9.17) is 0 Å². The van der Waals surface area contributed by atoms with E-state index in [1.54, 1.807) is 0 Å². The van der Waals surface area contributed by atoms with Crippen molar-refractivity contribution < 1.29 is 0 Å². The first-order chi connectivity index (χ1) is 6.54. The molecule has 82 valence electrons. The SMILES string of the molecule is CN(CC1(C)CCC1)C1(C)CCNC1. The van der Waals surface area contributed by atoms with Crippen molar-refractivity contribution in [3.8, 4) is 0 Å². The third kappa shape index (κ3) is 1.82. The topological polar surface area (TPSA) is 15.3 Å². The van der Waals surface area contributed by atoms with Crippen LogP contribution in [0.5, 0.6) is 0 Å². The van der Waals surface area contributed by atoms with E-state index >= 15 is 0 Å². The largest absolute Gasteiger partial charge is 0.315 e. The highest BCUT2D eigenvalue weighted by Crippen LogP contribution is 2.42. The van der Waals surface area contributed by atoms with E-state index in [-0.39, 0.29) is 0 Å². The zero-order valence-electron chi connectivity index (χ0n) is 9.90. The fourth-order valence-corrected chi connectivity index (χ4v) is 2.83. The zero-order valence-corrected chi connectivity index (χ0v) is 9.90. The predicted octanol–water partition coefficient (Wildman–Crippen LogP) is 1.86. The van der Waals surface area contributed by atoms with Crippen LogP contribution in [0.2, 0.25) is 0 Å². The van der Waals surface area contributed by atoms with Gasteiger partial charge in [-0.1, -0.05) is 13.3 Å². The average Bonchev–Trinajstić information content (AvgIpc) is 2.51. The molecule has 0 bridgehead atoms. The van der Waals surface area contributed by atoms with E-state index < -0.39 is 0 Å². The highest BCUT2D eigenvalue weighted by molar-refractivity contribution is 4.96. The summed E-state index contributed by atoms with van der Waals surface area (Å²) in [6, 6.07) is 0. The maximum absolute atomic E-state index is 3.47. The number of hydrogen-bond acceptors (Lipinski definition) is 2. The van der Waals surface area contributed by atoms with Crippen LogP contribution in [0.1, 0.15) is 39.5 Å². The Bertz CT molecular complexity index is 202. The molecular weight excluding hydrogens is 172 g/mol. The van der Waals surface area contributed by atoms with Crippen molar-refractivity contribution in [1.82, 2.24) is 10.2 Å². The lowest BCUT2D eigenvalue weighted by Gasteiger charge is -2.46. The van der Waals surface area contributed by atoms with E-state index in [1.807, 2.05) is 0 Å². The molecule has 2 fully saturated rings. The molecule has 1 atom stereocenters. The summed E-state index contributed by atoms with van der Waals surface area (Å²) >= 11 is 0. The minimum atomic E-state index is 0.415. The summed E-state index contributed by atoms with van der Waals surface area (Å²) in [4.78, 5) is 2.59. The molecule has 2 rings (SSSR count). The van der Waals surface area contributed by atoms with Gasteiger partial charge in [0.15, 0.2) is 0 Å². The van der Waals surface area contributed by atoms with Gasteiger partial charge < -0.3 is 5.32 Å². The molecule has 1 N–H and O–H groups in total. The summed E-state index contributed by atoms with van der Waals surface area (Å²) in [5.74, 6) is 0. The molecule has 0 spiro atoms. The van der Waals surface area contributed by atoms with Gasteiger partial charge in [-0.05, 0) is 45.2 Å². The number of nitrogens with one attached hydrogen (secondary N) is 1.